The Bertz CT molecular complexity index is 581. The average molecular weight is 244 g/mol. The Hall–Kier alpha value is -1.94. The standard InChI is InChI=1S/C14H16N2O2/c1-9-4-5-10-8-11(6-7-12(10)16-9)13(15-2)14(17)18-3/h4-8,13,15H,1-3H3. The summed E-state index contributed by atoms with van der Waals surface area (Å²) in [5.41, 5.74) is 2.79. The molecule has 0 spiro atoms. The Labute approximate surface area is 106 Å². The first kappa shape index (κ1) is 12.5. The number of likely N-dealkylation sites (N-methyl/N-ethyl adjacent to an activating group) is 1. The number of hydrogen-bond donors (Lipinski definition) is 1. The van der Waals surface area contributed by atoms with Crippen molar-refractivity contribution in [1.82, 2.24) is 10.3 Å². The van der Waals surface area contributed by atoms with E-state index in [0.717, 1.165) is 22.2 Å². The van der Waals surface area contributed by atoms with Gasteiger partial charge in [-0.05, 0) is 37.7 Å². The van der Waals surface area contributed by atoms with Gasteiger partial charge in [-0.1, -0.05) is 12.1 Å². The number of carbonyl (C=O) groups excluding carboxylic acids is 1. The summed E-state index contributed by atoms with van der Waals surface area (Å²) < 4.78 is 4.77. The van der Waals surface area contributed by atoms with Crippen LogP contribution in [0.1, 0.15) is 17.3 Å². The van der Waals surface area contributed by atoms with E-state index in [4.69, 9.17) is 4.74 Å². The zero-order valence-electron chi connectivity index (χ0n) is 10.7. The van der Waals surface area contributed by atoms with E-state index >= 15 is 0 Å². The van der Waals surface area contributed by atoms with Crippen molar-refractivity contribution >= 4 is 16.9 Å². The second-order valence-corrected chi connectivity index (χ2v) is 4.15. The number of benzene rings is 1. The first-order valence-electron chi connectivity index (χ1n) is 5.78. The van der Waals surface area contributed by atoms with E-state index in [9.17, 15) is 4.79 Å². The van der Waals surface area contributed by atoms with Crippen molar-refractivity contribution in [2.45, 2.75) is 13.0 Å². The van der Waals surface area contributed by atoms with Crippen molar-refractivity contribution in [3.8, 4) is 0 Å². The van der Waals surface area contributed by atoms with Crippen LogP contribution in [0.2, 0.25) is 0 Å². The molecule has 1 aromatic carbocycles. The molecule has 18 heavy (non-hydrogen) atoms. The van der Waals surface area contributed by atoms with Crippen LogP contribution in [0, 0.1) is 6.92 Å². The third kappa shape index (κ3) is 2.33. The highest BCUT2D eigenvalue weighted by atomic mass is 16.5. The minimum atomic E-state index is -0.444. The van der Waals surface area contributed by atoms with Crippen molar-refractivity contribution in [3.05, 3.63) is 41.6 Å². The monoisotopic (exact) mass is 244 g/mol. The number of carbonyl (C=O) groups is 1. The molecule has 94 valence electrons. The molecule has 0 saturated carbocycles. The first-order chi connectivity index (χ1) is 8.65. The number of methoxy groups -OCH3 is 1. The van der Waals surface area contributed by atoms with Gasteiger partial charge in [0.1, 0.15) is 6.04 Å². The molecule has 2 aromatic rings. The first-order valence-corrected chi connectivity index (χ1v) is 5.78. The molecular weight excluding hydrogens is 228 g/mol. The number of nitrogens with one attached hydrogen (secondary N) is 1. The quantitative estimate of drug-likeness (QED) is 0.839. The summed E-state index contributed by atoms with van der Waals surface area (Å²) in [4.78, 5) is 16.1. The van der Waals surface area contributed by atoms with E-state index in [0.29, 0.717) is 0 Å². The highest BCUT2D eigenvalue weighted by molar-refractivity contribution is 5.83. The number of pyridine rings is 1. The van der Waals surface area contributed by atoms with Gasteiger partial charge in [0.15, 0.2) is 0 Å². The van der Waals surface area contributed by atoms with E-state index in [2.05, 4.69) is 10.3 Å². The largest absolute Gasteiger partial charge is 0.468 e. The number of aryl methyl sites for hydroxylation is 1. The van der Waals surface area contributed by atoms with E-state index in [-0.39, 0.29) is 5.97 Å². The van der Waals surface area contributed by atoms with Crippen molar-refractivity contribution in [3.63, 3.8) is 0 Å². The number of nitrogens with zero attached hydrogens (tertiary/aromatic N) is 1. The molecule has 1 heterocycles. The van der Waals surface area contributed by atoms with Gasteiger partial charge in [-0.2, -0.15) is 0 Å². The van der Waals surface area contributed by atoms with Crippen LogP contribution in [0.4, 0.5) is 0 Å². The maximum atomic E-state index is 11.6. The molecule has 0 amide bonds. The topological polar surface area (TPSA) is 51.2 Å². The third-order valence-electron chi connectivity index (χ3n) is 2.91. The van der Waals surface area contributed by atoms with Gasteiger partial charge in [0, 0.05) is 11.1 Å². The Kier molecular flexibility index (Phi) is 3.58. The second kappa shape index (κ2) is 5.14. The number of fused-ring (bicyclic) bond motifs is 1. The van der Waals surface area contributed by atoms with Crippen molar-refractivity contribution in [2.24, 2.45) is 0 Å². The Morgan fingerprint density at radius 2 is 2.11 bits per heavy atom. The summed E-state index contributed by atoms with van der Waals surface area (Å²) in [7, 11) is 3.12. The fraction of sp³-hybridized carbons (Fsp3) is 0.286. The molecule has 0 aliphatic rings. The lowest BCUT2D eigenvalue weighted by Crippen LogP contribution is -2.26. The zero-order chi connectivity index (χ0) is 13.1. The molecule has 0 aliphatic carbocycles. The molecule has 4 heteroatoms. The predicted octanol–water partition coefficient (Wildman–Crippen LogP) is 1.98. The summed E-state index contributed by atoms with van der Waals surface area (Å²) in [6.45, 7) is 1.96. The number of hydrogen-bond acceptors (Lipinski definition) is 4. The summed E-state index contributed by atoms with van der Waals surface area (Å²) in [6, 6.07) is 9.29. The van der Waals surface area contributed by atoms with Gasteiger partial charge in [-0.15, -0.1) is 0 Å². The summed E-state index contributed by atoms with van der Waals surface area (Å²) in [5, 5.41) is 3.97. The van der Waals surface area contributed by atoms with E-state index in [1.165, 1.54) is 7.11 Å². The normalized spacial score (nSPS) is 12.4. The number of ether oxygens (including phenoxy) is 1. The summed E-state index contributed by atoms with van der Waals surface area (Å²) in [6.07, 6.45) is 0. The van der Waals surface area contributed by atoms with Crippen LogP contribution in [-0.4, -0.2) is 25.1 Å². The lowest BCUT2D eigenvalue weighted by Gasteiger charge is -2.14. The van der Waals surface area contributed by atoms with Crippen LogP contribution >= 0.6 is 0 Å². The Balaban J connectivity index is 2.46. The maximum absolute atomic E-state index is 11.6. The minimum Gasteiger partial charge on any atom is -0.468 e. The van der Waals surface area contributed by atoms with Gasteiger partial charge in [0.2, 0.25) is 0 Å². The Morgan fingerprint density at radius 1 is 1.33 bits per heavy atom. The average Bonchev–Trinajstić information content (AvgIpc) is 2.39. The second-order valence-electron chi connectivity index (χ2n) is 4.15. The van der Waals surface area contributed by atoms with Crippen LogP contribution in [-0.2, 0) is 9.53 Å². The number of rotatable bonds is 3. The van der Waals surface area contributed by atoms with Crippen molar-refractivity contribution in [2.75, 3.05) is 14.2 Å². The molecule has 4 nitrogen and oxygen atoms in total. The van der Waals surface area contributed by atoms with Gasteiger partial charge in [0.05, 0.1) is 12.6 Å². The molecule has 0 saturated heterocycles. The highest BCUT2D eigenvalue weighted by Gasteiger charge is 2.19. The third-order valence-corrected chi connectivity index (χ3v) is 2.91. The minimum absolute atomic E-state index is 0.295. The maximum Gasteiger partial charge on any atom is 0.327 e. The lowest BCUT2D eigenvalue weighted by molar-refractivity contribution is -0.143. The molecule has 2 rings (SSSR count). The van der Waals surface area contributed by atoms with Gasteiger partial charge < -0.3 is 10.1 Å². The molecule has 1 aromatic heterocycles. The highest BCUT2D eigenvalue weighted by Crippen LogP contribution is 2.20. The number of aromatic nitrogens is 1. The smallest absolute Gasteiger partial charge is 0.327 e. The molecular formula is C14H16N2O2. The van der Waals surface area contributed by atoms with Gasteiger partial charge in [0.25, 0.3) is 0 Å². The molecule has 0 radical (unpaired) electrons. The van der Waals surface area contributed by atoms with Crippen LogP contribution in [0.3, 0.4) is 0 Å². The van der Waals surface area contributed by atoms with Crippen molar-refractivity contribution < 1.29 is 9.53 Å². The number of esters is 1. The fourth-order valence-corrected chi connectivity index (χ4v) is 1.96. The fourth-order valence-electron chi connectivity index (χ4n) is 1.96. The molecule has 0 aliphatic heterocycles. The molecule has 0 fully saturated rings. The van der Waals surface area contributed by atoms with E-state index < -0.39 is 6.04 Å². The van der Waals surface area contributed by atoms with Crippen molar-refractivity contribution in [1.29, 1.82) is 0 Å². The molecule has 1 unspecified atom stereocenters. The van der Waals surface area contributed by atoms with E-state index in [1.54, 1.807) is 7.05 Å². The molecule has 1 atom stereocenters. The van der Waals surface area contributed by atoms with E-state index in [1.807, 2.05) is 37.3 Å². The zero-order valence-corrected chi connectivity index (χ0v) is 10.7. The predicted molar refractivity (Wildman–Crippen MR) is 70.3 cm³/mol. The van der Waals surface area contributed by atoms with Gasteiger partial charge in [-0.3, -0.25) is 4.98 Å². The summed E-state index contributed by atoms with van der Waals surface area (Å²) in [5.74, 6) is -0.295. The van der Waals surface area contributed by atoms with Gasteiger partial charge >= 0.3 is 5.97 Å². The van der Waals surface area contributed by atoms with Crippen LogP contribution in [0.5, 0.6) is 0 Å². The summed E-state index contributed by atoms with van der Waals surface area (Å²) >= 11 is 0. The molecule has 0 bridgehead atoms. The van der Waals surface area contributed by atoms with Crippen LogP contribution in [0.15, 0.2) is 30.3 Å². The molecule has 1 N–H and O–H groups in total. The van der Waals surface area contributed by atoms with Gasteiger partial charge in [-0.25, -0.2) is 4.79 Å². The lowest BCUT2D eigenvalue weighted by atomic mass is 10.0. The SMILES string of the molecule is CNC(C(=O)OC)c1ccc2nc(C)ccc2c1. The Morgan fingerprint density at radius 3 is 2.78 bits per heavy atom. The van der Waals surface area contributed by atoms with Crippen LogP contribution in [0.25, 0.3) is 10.9 Å². The van der Waals surface area contributed by atoms with Crippen LogP contribution < -0.4 is 5.32 Å².